The van der Waals surface area contributed by atoms with Crippen LogP contribution >= 0.6 is 0 Å². The fraction of sp³-hybridized carbons (Fsp3) is 0.0833. The lowest BCUT2D eigenvalue weighted by atomic mass is 10.2. The molecule has 2 aromatic rings. The minimum absolute atomic E-state index is 0.450. The second-order valence-corrected chi connectivity index (χ2v) is 3.23. The molecule has 1 aromatic heterocycles. The zero-order valence-corrected chi connectivity index (χ0v) is 8.27. The molecule has 0 aliphatic carbocycles. The molecule has 0 saturated heterocycles. The molecule has 0 fully saturated rings. The Labute approximate surface area is 87.4 Å². The first-order valence-electron chi connectivity index (χ1n) is 4.60. The van der Waals surface area contributed by atoms with Gasteiger partial charge in [0.25, 0.3) is 0 Å². The lowest BCUT2D eigenvalue weighted by Gasteiger charge is -2.05. The molecule has 0 radical (unpaired) electrons. The van der Waals surface area contributed by atoms with E-state index in [0.717, 1.165) is 5.56 Å². The molecule has 2 nitrogen and oxygen atoms in total. The van der Waals surface area contributed by atoms with Gasteiger partial charge in [0.2, 0.25) is 5.95 Å². The first-order valence-corrected chi connectivity index (χ1v) is 4.60. The second kappa shape index (κ2) is 4.09. The number of benzene rings is 1. The van der Waals surface area contributed by atoms with Crippen LogP contribution in [0.5, 0.6) is 11.5 Å². The zero-order chi connectivity index (χ0) is 10.7. The van der Waals surface area contributed by atoms with Crippen LogP contribution in [-0.4, -0.2) is 4.98 Å². The van der Waals surface area contributed by atoms with Gasteiger partial charge in [0.1, 0.15) is 11.5 Å². The minimum atomic E-state index is -0.542. The van der Waals surface area contributed by atoms with Gasteiger partial charge in [0.15, 0.2) is 0 Å². The SMILES string of the molecule is Cc1ccc(Oc2ccnc(F)c2)cc1. The monoisotopic (exact) mass is 203 g/mol. The summed E-state index contributed by atoms with van der Waals surface area (Å²) >= 11 is 0. The van der Waals surface area contributed by atoms with Crippen LogP contribution in [0.2, 0.25) is 0 Å². The van der Waals surface area contributed by atoms with Gasteiger partial charge < -0.3 is 4.74 Å². The minimum Gasteiger partial charge on any atom is -0.457 e. The van der Waals surface area contributed by atoms with Gasteiger partial charge in [-0.3, -0.25) is 0 Å². The van der Waals surface area contributed by atoms with E-state index in [9.17, 15) is 4.39 Å². The summed E-state index contributed by atoms with van der Waals surface area (Å²) in [6.07, 6.45) is 1.37. The summed E-state index contributed by atoms with van der Waals surface area (Å²) in [5, 5.41) is 0. The topological polar surface area (TPSA) is 22.1 Å². The van der Waals surface area contributed by atoms with Crippen molar-refractivity contribution in [2.45, 2.75) is 6.92 Å². The lowest BCUT2D eigenvalue weighted by Crippen LogP contribution is -1.87. The van der Waals surface area contributed by atoms with Crippen LogP contribution in [0.4, 0.5) is 4.39 Å². The van der Waals surface area contributed by atoms with E-state index >= 15 is 0 Å². The van der Waals surface area contributed by atoms with Crippen LogP contribution in [0.1, 0.15) is 5.56 Å². The average Bonchev–Trinajstić information content (AvgIpc) is 2.22. The Morgan fingerprint density at radius 2 is 1.80 bits per heavy atom. The maximum Gasteiger partial charge on any atom is 0.216 e. The number of halogens is 1. The van der Waals surface area contributed by atoms with Gasteiger partial charge in [-0.15, -0.1) is 0 Å². The van der Waals surface area contributed by atoms with Gasteiger partial charge in [-0.05, 0) is 25.1 Å². The third-order valence-corrected chi connectivity index (χ3v) is 1.95. The first kappa shape index (κ1) is 9.65. The number of hydrogen-bond acceptors (Lipinski definition) is 2. The highest BCUT2D eigenvalue weighted by molar-refractivity contribution is 5.31. The molecule has 0 aliphatic heterocycles. The largest absolute Gasteiger partial charge is 0.457 e. The van der Waals surface area contributed by atoms with Crippen LogP contribution in [0.15, 0.2) is 42.6 Å². The molecule has 0 atom stereocenters. The van der Waals surface area contributed by atoms with Crippen molar-refractivity contribution in [2.24, 2.45) is 0 Å². The molecule has 0 N–H and O–H groups in total. The highest BCUT2D eigenvalue weighted by Crippen LogP contribution is 2.21. The number of pyridine rings is 1. The van der Waals surface area contributed by atoms with E-state index in [1.54, 1.807) is 6.07 Å². The highest BCUT2D eigenvalue weighted by Gasteiger charge is 1.98. The van der Waals surface area contributed by atoms with Crippen molar-refractivity contribution >= 4 is 0 Å². The van der Waals surface area contributed by atoms with Gasteiger partial charge in [-0.1, -0.05) is 17.7 Å². The summed E-state index contributed by atoms with van der Waals surface area (Å²) in [4.78, 5) is 3.45. The molecule has 1 aromatic carbocycles. The summed E-state index contributed by atoms with van der Waals surface area (Å²) in [6.45, 7) is 2.00. The number of ether oxygens (including phenoxy) is 1. The predicted molar refractivity (Wildman–Crippen MR) is 55.4 cm³/mol. The Morgan fingerprint density at radius 3 is 2.47 bits per heavy atom. The number of hydrogen-bond donors (Lipinski definition) is 0. The maximum absolute atomic E-state index is 12.7. The third kappa shape index (κ3) is 2.53. The molecule has 0 spiro atoms. The predicted octanol–water partition coefficient (Wildman–Crippen LogP) is 3.32. The molecule has 1 heterocycles. The van der Waals surface area contributed by atoms with Crippen molar-refractivity contribution < 1.29 is 9.13 Å². The number of nitrogens with zero attached hydrogens (tertiary/aromatic N) is 1. The highest BCUT2D eigenvalue weighted by atomic mass is 19.1. The molecule has 76 valence electrons. The third-order valence-electron chi connectivity index (χ3n) is 1.95. The Kier molecular flexibility index (Phi) is 2.63. The summed E-state index contributed by atoms with van der Waals surface area (Å²) in [5.74, 6) is 0.595. The standard InChI is InChI=1S/C12H10FNO/c1-9-2-4-10(5-3-9)15-11-6-7-14-12(13)8-11/h2-8H,1H3. The van der Waals surface area contributed by atoms with Gasteiger partial charge >= 0.3 is 0 Å². The van der Waals surface area contributed by atoms with Crippen molar-refractivity contribution in [3.8, 4) is 11.5 Å². The summed E-state index contributed by atoms with van der Waals surface area (Å²) in [7, 11) is 0. The van der Waals surface area contributed by atoms with E-state index in [2.05, 4.69) is 4.98 Å². The van der Waals surface area contributed by atoms with E-state index in [1.807, 2.05) is 31.2 Å². The van der Waals surface area contributed by atoms with E-state index in [4.69, 9.17) is 4.74 Å². The zero-order valence-electron chi connectivity index (χ0n) is 8.27. The Bertz CT molecular complexity index is 453. The van der Waals surface area contributed by atoms with Crippen LogP contribution in [0, 0.1) is 12.9 Å². The van der Waals surface area contributed by atoms with Crippen molar-refractivity contribution in [1.82, 2.24) is 4.98 Å². The maximum atomic E-state index is 12.7. The summed E-state index contributed by atoms with van der Waals surface area (Å²) in [5.41, 5.74) is 1.16. The molecule has 0 unspecified atom stereocenters. The lowest BCUT2D eigenvalue weighted by molar-refractivity contribution is 0.472. The molecular weight excluding hydrogens is 193 g/mol. The van der Waals surface area contributed by atoms with Crippen LogP contribution in [0.3, 0.4) is 0 Å². The fourth-order valence-corrected chi connectivity index (χ4v) is 1.19. The van der Waals surface area contributed by atoms with Crippen molar-refractivity contribution in [3.63, 3.8) is 0 Å². The van der Waals surface area contributed by atoms with Crippen LogP contribution < -0.4 is 4.74 Å². The van der Waals surface area contributed by atoms with Crippen molar-refractivity contribution in [2.75, 3.05) is 0 Å². The molecule has 0 saturated carbocycles. The molecule has 15 heavy (non-hydrogen) atoms. The molecule has 0 aliphatic rings. The van der Waals surface area contributed by atoms with E-state index in [1.165, 1.54) is 12.3 Å². The van der Waals surface area contributed by atoms with Gasteiger partial charge in [0, 0.05) is 12.3 Å². The Balaban J connectivity index is 2.18. The van der Waals surface area contributed by atoms with Gasteiger partial charge in [-0.25, -0.2) is 4.98 Å². The molecule has 0 bridgehead atoms. The summed E-state index contributed by atoms with van der Waals surface area (Å²) in [6, 6.07) is 10.4. The smallest absolute Gasteiger partial charge is 0.216 e. The van der Waals surface area contributed by atoms with Crippen LogP contribution in [-0.2, 0) is 0 Å². The second-order valence-electron chi connectivity index (χ2n) is 3.23. The number of rotatable bonds is 2. The Morgan fingerprint density at radius 1 is 1.07 bits per heavy atom. The van der Waals surface area contributed by atoms with Crippen LogP contribution in [0.25, 0.3) is 0 Å². The Hall–Kier alpha value is -1.90. The van der Waals surface area contributed by atoms with E-state index in [0.29, 0.717) is 11.5 Å². The van der Waals surface area contributed by atoms with Gasteiger partial charge in [-0.2, -0.15) is 4.39 Å². The normalized spacial score (nSPS) is 10.0. The average molecular weight is 203 g/mol. The number of aryl methyl sites for hydroxylation is 1. The molecule has 0 amide bonds. The fourth-order valence-electron chi connectivity index (χ4n) is 1.19. The van der Waals surface area contributed by atoms with E-state index < -0.39 is 5.95 Å². The van der Waals surface area contributed by atoms with Gasteiger partial charge in [0.05, 0.1) is 0 Å². The number of aromatic nitrogens is 1. The van der Waals surface area contributed by atoms with Crippen molar-refractivity contribution in [3.05, 3.63) is 54.1 Å². The quantitative estimate of drug-likeness (QED) is 0.698. The molecular formula is C12H10FNO. The molecule has 3 heteroatoms. The summed E-state index contributed by atoms with van der Waals surface area (Å²) < 4.78 is 18.2. The first-order chi connectivity index (χ1) is 7.24. The van der Waals surface area contributed by atoms with Crippen molar-refractivity contribution in [1.29, 1.82) is 0 Å². The molecule has 2 rings (SSSR count). The van der Waals surface area contributed by atoms with E-state index in [-0.39, 0.29) is 0 Å².